The van der Waals surface area contributed by atoms with Crippen LogP contribution in [0.25, 0.3) is 0 Å². The van der Waals surface area contributed by atoms with Crippen LogP contribution in [0.5, 0.6) is 0 Å². The van der Waals surface area contributed by atoms with E-state index in [2.05, 4.69) is 6.58 Å². The van der Waals surface area contributed by atoms with Crippen LogP contribution in [0.2, 0.25) is 0 Å². The van der Waals surface area contributed by atoms with Gasteiger partial charge in [0.05, 0.1) is 25.0 Å². The second-order valence-corrected chi connectivity index (χ2v) is 5.93. The normalized spacial score (nSPS) is 36.6. The van der Waals surface area contributed by atoms with Crippen LogP contribution in [-0.4, -0.2) is 26.2 Å². The molecule has 2 aliphatic carbocycles. The molecule has 0 amide bonds. The van der Waals surface area contributed by atoms with E-state index in [1.165, 1.54) is 14.2 Å². The standard InChI is InChI=1S/C14H20O4/c1-9-12(2,3)14(11(16)18-5)7-6-13(9,8-14)10(15)17-4/h1,6-8H2,2-5H3/t13-,14+/m1/s1. The van der Waals surface area contributed by atoms with E-state index in [-0.39, 0.29) is 11.9 Å². The van der Waals surface area contributed by atoms with E-state index in [4.69, 9.17) is 9.47 Å². The van der Waals surface area contributed by atoms with E-state index >= 15 is 0 Å². The summed E-state index contributed by atoms with van der Waals surface area (Å²) < 4.78 is 9.89. The Kier molecular flexibility index (Phi) is 2.62. The molecule has 100 valence electrons. The van der Waals surface area contributed by atoms with Crippen LogP contribution in [0.3, 0.4) is 0 Å². The number of ether oxygens (including phenoxy) is 2. The van der Waals surface area contributed by atoms with Gasteiger partial charge < -0.3 is 9.47 Å². The van der Waals surface area contributed by atoms with Crippen molar-refractivity contribution in [3.05, 3.63) is 12.2 Å². The fraction of sp³-hybridized carbons (Fsp3) is 0.714. The summed E-state index contributed by atoms with van der Waals surface area (Å²) in [6, 6.07) is 0. The molecule has 0 spiro atoms. The number of carbonyl (C=O) groups is 2. The van der Waals surface area contributed by atoms with E-state index in [1.54, 1.807) is 0 Å². The Morgan fingerprint density at radius 2 is 1.67 bits per heavy atom. The first kappa shape index (κ1) is 13.1. The van der Waals surface area contributed by atoms with E-state index in [9.17, 15) is 9.59 Å². The maximum atomic E-state index is 12.2. The third-order valence-corrected chi connectivity index (χ3v) is 5.26. The van der Waals surface area contributed by atoms with E-state index in [1.807, 2.05) is 13.8 Å². The molecule has 0 saturated heterocycles. The zero-order valence-corrected chi connectivity index (χ0v) is 11.5. The molecule has 2 bridgehead atoms. The average molecular weight is 252 g/mol. The zero-order chi connectivity index (χ0) is 13.8. The molecule has 2 atom stereocenters. The summed E-state index contributed by atoms with van der Waals surface area (Å²) in [5.74, 6) is -0.513. The predicted octanol–water partition coefficient (Wildman–Crippen LogP) is 2.09. The van der Waals surface area contributed by atoms with Crippen LogP contribution in [0.15, 0.2) is 12.2 Å². The molecule has 0 heterocycles. The molecule has 0 aliphatic heterocycles. The summed E-state index contributed by atoms with van der Waals surface area (Å²) >= 11 is 0. The Hall–Kier alpha value is -1.32. The highest BCUT2D eigenvalue weighted by atomic mass is 16.5. The molecule has 0 radical (unpaired) electrons. The fourth-order valence-electron chi connectivity index (χ4n) is 3.91. The van der Waals surface area contributed by atoms with Crippen LogP contribution in [0, 0.1) is 16.2 Å². The van der Waals surface area contributed by atoms with Crippen molar-refractivity contribution >= 4 is 11.9 Å². The quantitative estimate of drug-likeness (QED) is 0.558. The van der Waals surface area contributed by atoms with Crippen LogP contribution < -0.4 is 0 Å². The SMILES string of the molecule is C=C1C(C)(C)[C@@]2(C(=O)OC)CC[C@@]1(C(=O)OC)C2. The minimum Gasteiger partial charge on any atom is -0.469 e. The van der Waals surface area contributed by atoms with Gasteiger partial charge in [-0.25, -0.2) is 0 Å². The molecule has 0 aromatic heterocycles. The van der Waals surface area contributed by atoms with Crippen molar-refractivity contribution in [1.29, 1.82) is 0 Å². The van der Waals surface area contributed by atoms with Gasteiger partial charge in [0.1, 0.15) is 0 Å². The number of fused-ring (bicyclic) bond motifs is 2. The van der Waals surface area contributed by atoms with Crippen molar-refractivity contribution < 1.29 is 19.1 Å². The Labute approximate surface area is 107 Å². The van der Waals surface area contributed by atoms with Gasteiger partial charge in [-0.15, -0.1) is 0 Å². The van der Waals surface area contributed by atoms with Gasteiger partial charge in [0.25, 0.3) is 0 Å². The molecule has 4 heteroatoms. The zero-order valence-electron chi connectivity index (χ0n) is 11.5. The first-order chi connectivity index (χ1) is 8.28. The van der Waals surface area contributed by atoms with Crippen molar-refractivity contribution in [2.45, 2.75) is 33.1 Å². The highest BCUT2D eigenvalue weighted by molar-refractivity contribution is 5.89. The first-order valence-corrected chi connectivity index (χ1v) is 6.15. The van der Waals surface area contributed by atoms with Crippen molar-refractivity contribution in [2.24, 2.45) is 16.2 Å². The minimum absolute atomic E-state index is 0.239. The molecular formula is C14H20O4. The largest absolute Gasteiger partial charge is 0.469 e. The molecule has 4 nitrogen and oxygen atoms in total. The fourth-order valence-corrected chi connectivity index (χ4v) is 3.91. The maximum Gasteiger partial charge on any atom is 0.315 e. The van der Waals surface area contributed by atoms with Crippen LogP contribution >= 0.6 is 0 Å². The van der Waals surface area contributed by atoms with Crippen molar-refractivity contribution in [1.82, 2.24) is 0 Å². The summed E-state index contributed by atoms with van der Waals surface area (Å²) in [5.41, 5.74) is -0.968. The van der Waals surface area contributed by atoms with Gasteiger partial charge in [0.2, 0.25) is 0 Å². The van der Waals surface area contributed by atoms with Gasteiger partial charge in [0.15, 0.2) is 0 Å². The van der Waals surface area contributed by atoms with Gasteiger partial charge in [0, 0.05) is 5.41 Å². The van der Waals surface area contributed by atoms with E-state index in [0.29, 0.717) is 19.3 Å². The lowest BCUT2D eigenvalue weighted by Crippen LogP contribution is -2.43. The predicted molar refractivity (Wildman–Crippen MR) is 65.7 cm³/mol. The molecule has 2 fully saturated rings. The number of rotatable bonds is 2. The van der Waals surface area contributed by atoms with Gasteiger partial charge in [-0.3, -0.25) is 9.59 Å². The summed E-state index contributed by atoms with van der Waals surface area (Å²) in [6.45, 7) is 8.02. The Morgan fingerprint density at radius 3 is 2.17 bits per heavy atom. The molecule has 18 heavy (non-hydrogen) atoms. The van der Waals surface area contributed by atoms with Crippen LogP contribution in [-0.2, 0) is 19.1 Å². The minimum atomic E-state index is -0.702. The van der Waals surface area contributed by atoms with Crippen molar-refractivity contribution in [3.63, 3.8) is 0 Å². The van der Waals surface area contributed by atoms with Gasteiger partial charge in [-0.1, -0.05) is 26.0 Å². The van der Waals surface area contributed by atoms with Gasteiger partial charge in [-0.05, 0) is 19.3 Å². The smallest absolute Gasteiger partial charge is 0.315 e. The Balaban J connectivity index is 2.54. The van der Waals surface area contributed by atoms with E-state index < -0.39 is 16.2 Å². The lowest BCUT2D eigenvalue weighted by Gasteiger charge is -2.42. The second kappa shape index (κ2) is 3.59. The summed E-state index contributed by atoms with van der Waals surface area (Å²) in [7, 11) is 2.78. The van der Waals surface area contributed by atoms with Crippen LogP contribution in [0.4, 0.5) is 0 Å². The van der Waals surface area contributed by atoms with Gasteiger partial charge in [-0.2, -0.15) is 0 Å². The topological polar surface area (TPSA) is 52.6 Å². The lowest BCUT2D eigenvalue weighted by atomic mass is 9.61. The van der Waals surface area contributed by atoms with E-state index in [0.717, 1.165) is 5.57 Å². The Bertz CT molecular complexity index is 437. The average Bonchev–Trinajstić information content (AvgIpc) is 2.84. The summed E-state index contributed by atoms with van der Waals surface area (Å²) in [5, 5.41) is 0. The number of methoxy groups -OCH3 is 2. The molecule has 0 aromatic carbocycles. The number of hydrogen-bond donors (Lipinski definition) is 0. The van der Waals surface area contributed by atoms with Crippen LogP contribution in [0.1, 0.15) is 33.1 Å². The maximum absolute atomic E-state index is 12.2. The molecular weight excluding hydrogens is 232 g/mol. The second-order valence-electron chi connectivity index (χ2n) is 5.93. The van der Waals surface area contributed by atoms with Crippen molar-refractivity contribution in [2.75, 3.05) is 14.2 Å². The molecule has 2 rings (SSSR count). The molecule has 2 saturated carbocycles. The summed E-state index contributed by atoms with van der Waals surface area (Å²) in [4.78, 5) is 24.3. The summed E-state index contributed by atoms with van der Waals surface area (Å²) in [6.07, 6.45) is 1.74. The van der Waals surface area contributed by atoms with Gasteiger partial charge >= 0.3 is 11.9 Å². The third kappa shape index (κ3) is 1.16. The third-order valence-electron chi connectivity index (χ3n) is 5.26. The highest BCUT2D eigenvalue weighted by Gasteiger charge is 2.72. The number of hydrogen-bond acceptors (Lipinski definition) is 4. The number of carbonyl (C=O) groups excluding carboxylic acids is 2. The first-order valence-electron chi connectivity index (χ1n) is 6.15. The highest BCUT2D eigenvalue weighted by Crippen LogP contribution is 2.72. The molecule has 0 N–H and O–H groups in total. The number of esters is 2. The molecule has 0 unspecified atom stereocenters. The lowest BCUT2D eigenvalue weighted by molar-refractivity contribution is -0.157. The van der Waals surface area contributed by atoms with Crippen molar-refractivity contribution in [3.8, 4) is 0 Å². The monoisotopic (exact) mass is 252 g/mol. The Morgan fingerprint density at radius 1 is 1.11 bits per heavy atom. The molecule has 2 aliphatic rings. The molecule has 0 aromatic rings.